The summed E-state index contributed by atoms with van der Waals surface area (Å²) in [5.41, 5.74) is 2.73. The fourth-order valence-electron chi connectivity index (χ4n) is 2.31. The van der Waals surface area contributed by atoms with Gasteiger partial charge in [0.1, 0.15) is 5.75 Å². The number of nitrogens with zero attached hydrogens (tertiary/aromatic N) is 2. The third-order valence-electron chi connectivity index (χ3n) is 3.76. The van der Waals surface area contributed by atoms with Gasteiger partial charge < -0.3 is 10.1 Å². The molecule has 114 valence electrons. The van der Waals surface area contributed by atoms with Gasteiger partial charge in [-0.25, -0.2) is 15.4 Å². The second-order valence-electron chi connectivity index (χ2n) is 5.17. The van der Waals surface area contributed by atoms with Crippen LogP contribution in [0.1, 0.15) is 28.8 Å². The molecule has 0 radical (unpaired) electrons. The van der Waals surface area contributed by atoms with Crippen LogP contribution in [0, 0.1) is 0 Å². The van der Waals surface area contributed by atoms with Crippen LogP contribution in [0.2, 0.25) is 0 Å². The number of hydroxylamine groups is 1. The minimum Gasteiger partial charge on any atom is -0.497 e. The lowest BCUT2D eigenvalue weighted by Gasteiger charge is -2.18. The van der Waals surface area contributed by atoms with E-state index in [0.29, 0.717) is 5.95 Å². The third-order valence-corrected chi connectivity index (χ3v) is 3.76. The number of carbonyl (C=O) groups excluding carboxylic acids is 1. The van der Waals surface area contributed by atoms with Gasteiger partial charge >= 0.3 is 0 Å². The molecule has 1 fully saturated rings. The molecule has 0 unspecified atom stereocenters. The Balaban J connectivity index is 1.75. The topological polar surface area (TPSA) is 96.4 Å². The molecule has 3 rings (SSSR count). The van der Waals surface area contributed by atoms with Crippen molar-refractivity contribution in [2.45, 2.75) is 18.4 Å². The van der Waals surface area contributed by atoms with Crippen LogP contribution in [0.15, 0.2) is 36.7 Å². The molecule has 0 atom stereocenters. The summed E-state index contributed by atoms with van der Waals surface area (Å²) in [5, 5.41) is 11.9. The van der Waals surface area contributed by atoms with E-state index in [1.807, 2.05) is 24.3 Å². The Hall–Kier alpha value is -2.67. The summed E-state index contributed by atoms with van der Waals surface area (Å²) in [5.74, 6) is 0.626. The number of rotatable bonds is 5. The first kappa shape index (κ1) is 14.3. The molecular weight excluding hydrogens is 284 g/mol. The maximum Gasteiger partial charge on any atom is 0.277 e. The zero-order chi connectivity index (χ0) is 15.6. The van der Waals surface area contributed by atoms with E-state index in [2.05, 4.69) is 15.3 Å². The second kappa shape index (κ2) is 5.61. The molecule has 1 amide bonds. The summed E-state index contributed by atoms with van der Waals surface area (Å²) < 4.78 is 5.16. The molecule has 1 aromatic heterocycles. The predicted octanol–water partition coefficient (Wildman–Crippen LogP) is 1.71. The van der Waals surface area contributed by atoms with Gasteiger partial charge in [0.2, 0.25) is 5.95 Å². The lowest BCUT2D eigenvalue weighted by Crippen LogP contribution is -2.22. The molecule has 1 heterocycles. The highest BCUT2D eigenvalue weighted by Gasteiger charge is 2.45. The minimum absolute atomic E-state index is 0.160. The van der Waals surface area contributed by atoms with Crippen LogP contribution in [-0.4, -0.2) is 28.2 Å². The van der Waals surface area contributed by atoms with Crippen molar-refractivity contribution in [2.24, 2.45) is 0 Å². The highest BCUT2D eigenvalue weighted by atomic mass is 16.5. The van der Waals surface area contributed by atoms with E-state index in [9.17, 15) is 4.79 Å². The molecule has 7 heteroatoms. The van der Waals surface area contributed by atoms with Gasteiger partial charge in [0, 0.05) is 12.4 Å². The van der Waals surface area contributed by atoms with E-state index in [4.69, 9.17) is 9.94 Å². The molecule has 1 aliphatic rings. The predicted molar refractivity (Wildman–Crippen MR) is 78.8 cm³/mol. The lowest BCUT2D eigenvalue weighted by atomic mass is 10.1. The van der Waals surface area contributed by atoms with Crippen molar-refractivity contribution < 1.29 is 14.7 Å². The summed E-state index contributed by atoms with van der Waals surface area (Å²) in [6.07, 6.45) is 4.71. The van der Waals surface area contributed by atoms with Gasteiger partial charge in [0.25, 0.3) is 5.91 Å². The average Bonchev–Trinajstić information content (AvgIpc) is 3.35. The largest absolute Gasteiger partial charge is 0.497 e. The van der Waals surface area contributed by atoms with E-state index in [0.717, 1.165) is 24.2 Å². The Morgan fingerprint density at radius 3 is 2.36 bits per heavy atom. The number of hydrogen-bond acceptors (Lipinski definition) is 6. The molecule has 22 heavy (non-hydrogen) atoms. The maximum atomic E-state index is 11.2. The van der Waals surface area contributed by atoms with Crippen molar-refractivity contribution in [1.29, 1.82) is 0 Å². The molecule has 3 N–H and O–H groups in total. The Labute approximate surface area is 127 Å². The monoisotopic (exact) mass is 300 g/mol. The normalized spacial score (nSPS) is 15.0. The molecule has 0 spiro atoms. The number of amides is 1. The van der Waals surface area contributed by atoms with Gasteiger partial charge in [0.05, 0.1) is 18.2 Å². The van der Waals surface area contributed by atoms with Crippen molar-refractivity contribution in [2.75, 3.05) is 12.4 Å². The molecule has 1 aromatic carbocycles. The standard InChI is InChI=1S/C15H16N4O3/c1-22-12-4-2-11(3-5-12)15(6-7-15)18-14-16-8-10(9-17-14)13(20)19-21/h2-5,8-9,21H,6-7H2,1H3,(H,19,20)(H,16,17,18). The fourth-order valence-corrected chi connectivity index (χ4v) is 2.31. The third kappa shape index (κ3) is 2.71. The highest BCUT2D eigenvalue weighted by molar-refractivity contribution is 5.92. The van der Waals surface area contributed by atoms with Crippen molar-refractivity contribution in [3.8, 4) is 5.75 Å². The van der Waals surface area contributed by atoms with Gasteiger partial charge in [-0.3, -0.25) is 10.0 Å². The van der Waals surface area contributed by atoms with Crippen LogP contribution in [0.25, 0.3) is 0 Å². The molecule has 1 aliphatic carbocycles. The molecule has 0 bridgehead atoms. The van der Waals surface area contributed by atoms with Gasteiger partial charge in [-0.2, -0.15) is 0 Å². The molecule has 1 saturated carbocycles. The number of carbonyl (C=O) groups is 1. The molecule has 0 saturated heterocycles. The van der Waals surface area contributed by atoms with Gasteiger partial charge in [-0.05, 0) is 30.5 Å². The summed E-state index contributed by atoms with van der Waals surface area (Å²) in [6.45, 7) is 0. The second-order valence-corrected chi connectivity index (χ2v) is 5.17. The smallest absolute Gasteiger partial charge is 0.277 e. The number of benzene rings is 1. The zero-order valence-electron chi connectivity index (χ0n) is 12.0. The molecular formula is C15H16N4O3. The molecule has 0 aliphatic heterocycles. The summed E-state index contributed by atoms with van der Waals surface area (Å²) in [4.78, 5) is 19.5. The Morgan fingerprint density at radius 1 is 1.23 bits per heavy atom. The number of anilines is 1. The van der Waals surface area contributed by atoms with Crippen LogP contribution < -0.4 is 15.5 Å². The Morgan fingerprint density at radius 2 is 1.86 bits per heavy atom. The van der Waals surface area contributed by atoms with Gasteiger partial charge in [-0.1, -0.05) is 12.1 Å². The summed E-state index contributed by atoms with van der Waals surface area (Å²) in [6, 6.07) is 7.89. The summed E-state index contributed by atoms with van der Waals surface area (Å²) in [7, 11) is 1.64. The fraction of sp³-hybridized carbons (Fsp3) is 0.267. The maximum absolute atomic E-state index is 11.2. The van der Waals surface area contributed by atoms with Gasteiger partial charge in [-0.15, -0.1) is 0 Å². The van der Waals surface area contributed by atoms with Crippen LogP contribution >= 0.6 is 0 Å². The highest BCUT2D eigenvalue weighted by Crippen LogP contribution is 2.48. The number of methoxy groups -OCH3 is 1. The zero-order valence-corrected chi connectivity index (χ0v) is 12.0. The molecule has 2 aromatic rings. The first-order chi connectivity index (χ1) is 10.7. The lowest BCUT2D eigenvalue weighted by molar-refractivity contribution is 0.0705. The Kier molecular flexibility index (Phi) is 3.64. The molecule has 7 nitrogen and oxygen atoms in total. The van der Waals surface area contributed by atoms with Crippen LogP contribution in [0.5, 0.6) is 5.75 Å². The quantitative estimate of drug-likeness (QED) is 0.574. The van der Waals surface area contributed by atoms with Crippen molar-refractivity contribution >= 4 is 11.9 Å². The number of ether oxygens (including phenoxy) is 1. The summed E-state index contributed by atoms with van der Waals surface area (Å²) >= 11 is 0. The van der Waals surface area contributed by atoms with E-state index < -0.39 is 5.91 Å². The van der Waals surface area contributed by atoms with E-state index in [-0.39, 0.29) is 11.1 Å². The number of nitrogens with one attached hydrogen (secondary N) is 2. The SMILES string of the molecule is COc1ccc(C2(Nc3ncc(C(=O)NO)cn3)CC2)cc1. The van der Waals surface area contributed by atoms with Crippen LogP contribution in [0.4, 0.5) is 5.95 Å². The van der Waals surface area contributed by atoms with E-state index in [1.54, 1.807) is 12.6 Å². The van der Waals surface area contributed by atoms with Crippen molar-refractivity contribution in [1.82, 2.24) is 15.4 Å². The van der Waals surface area contributed by atoms with Crippen molar-refractivity contribution in [3.05, 3.63) is 47.8 Å². The van der Waals surface area contributed by atoms with E-state index in [1.165, 1.54) is 12.4 Å². The van der Waals surface area contributed by atoms with Gasteiger partial charge in [0.15, 0.2) is 0 Å². The number of aromatic nitrogens is 2. The Bertz CT molecular complexity index is 666. The van der Waals surface area contributed by atoms with Crippen LogP contribution in [-0.2, 0) is 5.54 Å². The van der Waals surface area contributed by atoms with Crippen molar-refractivity contribution in [3.63, 3.8) is 0 Å². The first-order valence-corrected chi connectivity index (χ1v) is 6.86. The first-order valence-electron chi connectivity index (χ1n) is 6.86. The average molecular weight is 300 g/mol. The van der Waals surface area contributed by atoms with Crippen LogP contribution in [0.3, 0.4) is 0 Å². The minimum atomic E-state index is -0.636. The van der Waals surface area contributed by atoms with E-state index >= 15 is 0 Å². The number of hydrogen-bond donors (Lipinski definition) is 3.